The molecule has 3 atom stereocenters. The molecule has 1 saturated carbocycles. The van der Waals surface area contributed by atoms with E-state index in [4.69, 9.17) is 11.6 Å². The molecule has 0 unspecified atom stereocenters. The van der Waals surface area contributed by atoms with Gasteiger partial charge in [0.2, 0.25) is 20.0 Å². The number of benzene rings is 2. The van der Waals surface area contributed by atoms with Crippen LogP contribution in [0.5, 0.6) is 0 Å². The van der Waals surface area contributed by atoms with E-state index in [1.54, 1.807) is 12.1 Å². The topological polar surface area (TPSA) is 90.0 Å². The number of nitrogens with zero attached hydrogens (tertiary/aromatic N) is 3. The van der Waals surface area contributed by atoms with Crippen LogP contribution in [0.4, 0.5) is 10.1 Å². The smallest absolute Gasteiger partial charge is 0.242 e. The van der Waals surface area contributed by atoms with Gasteiger partial charge >= 0.3 is 0 Å². The zero-order valence-electron chi connectivity index (χ0n) is 21.3. The number of nitrogens with one attached hydrogen (secondary N) is 1. The largest absolute Gasteiger partial charge is 0.368 e. The molecule has 0 aromatic heterocycles. The molecular weight excluding hydrogens is 539 g/mol. The maximum absolute atomic E-state index is 14.5. The molecule has 12 heteroatoms. The summed E-state index contributed by atoms with van der Waals surface area (Å²) < 4.78 is 69.6. The summed E-state index contributed by atoms with van der Waals surface area (Å²) in [5.74, 6) is -0.344. The van der Waals surface area contributed by atoms with Crippen molar-refractivity contribution in [3.8, 4) is 0 Å². The Morgan fingerprint density at radius 3 is 2.24 bits per heavy atom. The molecule has 37 heavy (non-hydrogen) atoms. The number of likely N-dealkylation sites (N-methyl/N-ethyl adjacent to an activating group) is 1. The normalized spacial score (nSPS) is 23.2. The van der Waals surface area contributed by atoms with Crippen molar-refractivity contribution in [3.05, 3.63) is 53.3 Å². The second kappa shape index (κ2) is 11.2. The van der Waals surface area contributed by atoms with Crippen LogP contribution in [0.15, 0.2) is 52.3 Å². The van der Waals surface area contributed by atoms with E-state index in [0.717, 1.165) is 30.0 Å². The molecule has 0 spiro atoms. The summed E-state index contributed by atoms with van der Waals surface area (Å²) in [6.45, 7) is 1.35. The van der Waals surface area contributed by atoms with E-state index < -0.39 is 20.0 Å². The van der Waals surface area contributed by atoms with Gasteiger partial charge in [-0.05, 0) is 68.8 Å². The van der Waals surface area contributed by atoms with Crippen molar-refractivity contribution >= 4 is 37.3 Å². The third kappa shape index (κ3) is 6.12. The second-order valence-electron chi connectivity index (χ2n) is 9.99. The summed E-state index contributed by atoms with van der Waals surface area (Å²) in [5.41, 5.74) is 0.529. The Labute approximate surface area is 224 Å². The molecular formula is C25H34ClFN4O4S2. The van der Waals surface area contributed by atoms with Gasteiger partial charge in [0.25, 0.3) is 0 Å². The van der Waals surface area contributed by atoms with Crippen molar-refractivity contribution in [2.45, 2.75) is 60.0 Å². The first kappa shape index (κ1) is 28.3. The zero-order valence-corrected chi connectivity index (χ0v) is 23.7. The Balaban J connectivity index is 1.46. The van der Waals surface area contributed by atoms with E-state index in [1.807, 2.05) is 11.9 Å². The van der Waals surface area contributed by atoms with E-state index in [9.17, 15) is 21.2 Å². The fourth-order valence-electron chi connectivity index (χ4n) is 5.31. The Kier molecular flexibility index (Phi) is 8.52. The van der Waals surface area contributed by atoms with Crippen LogP contribution in [0.25, 0.3) is 0 Å². The minimum Gasteiger partial charge on any atom is -0.368 e. The standard InChI is InChI=1S/C25H34ClFN4O4S2/c1-29(2)37(34,35)21-11-9-20(10-12-21)36(32,33)28-23-6-4-5-7-25(23)30(3)19-14-15-31(17-19)24-13-8-18(26)16-22(24)27/h8-13,16,19,23,25,28H,4-7,14-15,17H2,1-3H3/t19-,23-,25-/m0/s1. The SMILES string of the molecule is CN([C@H]1CCN(c2ccc(Cl)cc2F)C1)[C@H]1CCCC[C@@H]1NS(=O)(=O)c1ccc(S(=O)(=O)N(C)C)cc1. The first-order valence-electron chi connectivity index (χ1n) is 12.4. The van der Waals surface area contributed by atoms with E-state index in [0.29, 0.717) is 30.2 Å². The van der Waals surface area contributed by atoms with Crippen LogP contribution < -0.4 is 9.62 Å². The van der Waals surface area contributed by atoms with Gasteiger partial charge in [-0.1, -0.05) is 24.4 Å². The lowest BCUT2D eigenvalue weighted by molar-refractivity contribution is 0.123. The number of hydrogen-bond donors (Lipinski definition) is 1. The van der Waals surface area contributed by atoms with Crippen LogP contribution in [0, 0.1) is 5.82 Å². The maximum Gasteiger partial charge on any atom is 0.242 e. The molecule has 2 aromatic carbocycles. The van der Waals surface area contributed by atoms with Crippen LogP contribution >= 0.6 is 11.6 Å². The summed E-state index contributed by atoms with van der Waals surface area (Å²) >= 11 is 5.91. The summed E-state index contributed by atoms with van der Waals surface area (Å²) in [6, 6.07) is 9.87. The molecule has 0 bridgehead atoms. The zero-order chi connectivity index (χ0) is 27.0. The molecule has 8 nitrogen and oxygen atoms in total. The summed E-state index contributed by atoms with van der Waals surface area (Å²) in [4.78, 5) is 4.32. The fourth-order valence-corrected chi connectivity index (χ4v) is 7.67. The molecule has 1 saturated heterocycles. The van der Waals surface area contributed by atoms with Gasteiger partial charge in [-0.2, -0.15) is 0 Å². The first-order chi connectivity index (χ1) is 17.4. The average molecular weight is 573 g/mol. The number of anilines is 1. The van der Waals surface area contributed by atoms with Gasteiger partial charge in [-0.25, -0.2) is 30.3 Å². The number of halogens is 2. The Morgan fingerprint density at radius 1 is 0.946 bits per heavy atom. The van der Waals surface area contributed by atoms with Gasteiger partial charge in [-0.15, -0.1) is 0 Å². The maximum atomic E-state index is 14.5. The summed E-state index contributed by atoms with van der Waals surface area (Å²) in [7, 11) is -2.63. The van der Waals surface area contributed by atoms with E-state index in [2.05, 4.69) is 9.62 Å². The highest BCUT2D eigenvalue weighted by atomic mass is 35.5. The molecule has 4 rings (SSSR count). The third-order valence-corrected chi connectivity index (χ3v) is 11.0. The minimum absolute atomic E-state index is 0.00284. The molecule has 2 aromatic rings. The van der Waals surface area contributed by atoms with E-state index >= 15 is 0 Å². The third-order valence-electron chi connectivity index (χ3n) is 7.46. The van der Waals surface area contributed by atoms with Crippen LogP contribution in [0.2, 0.25) is 5.02 Å². The molecule has 204 valence electrons. The highest BCUT2D eigenvalue weighted by Crippen LogP contribution is 2.31. The van der Waals surface area contributed by atoms with Gasteiger partial charge in [-0.3, -0.25) is 4.90 Å². The fraction of sp³-hybridized carbons (Fsp3) is 0.520. The molecule has 2 fully saturated rings. The lowest BCUT2D eigenvalue weighted by Gasteiger charge is -2.41. The van der Waals surface area contributed by atoms with Crippen molar-refractivity contribution in [2.75, 3.05) is 39.1 Å². The Hall–Kier alpha value is -1.76. The number of rotatable bonds is 8. The molecule has 1 aliphatic carbocycles. The highest BCUT2D eigenvalue weighted by Gasteiger charge is 2.37. The quantitative estimate of drug-likeness (QED) is 0.520. The second-order valence-corrected chi connectivity index (χ2v) is 14.3. The van der Waals surface area contributed by atoms with Gasteiger partial charge in [0, 0.05) is 50.3 Å². The van der Waals surface area contributed by atoms with Gasteiger partial charge in [0.15, 0.2) is 0 Å². The minimum atomic E-state index is -3.85. The van der Waals surface area contributed by atoms with Crippen molar-refractivity contribution in [2.24, 2.45) is 0 Å². The van der Waals surface area contributed by atoms with Crippen molar-refractivity contribution in [1.82, 2.24) is 13.9 Å². The predicted octanol–water partition coefficient (Wildman–Crippen LogP) is 3.53. The van der Waals surface area contributed by atoms with Crippen molar-refractivity contribution in [3.63, 3.8) is 0 Å². The van der Waals surface area contributed by atoms with Crippen LogP contribution in [-0.4, -0.2) is 78.4 Å². The monoisotopic (exact) mass is 572 g/mol. The molecule has 1 aliphatic heterocycles. The Morgan fingerprint density at radius 2 is 1.59 bits per heavy atom. The first-order valence-corrected chi connectivity index (χ1v) is 15.7. The van der Waals surface area contributed by atoms with Crippen molar-refractivity contribution in [1.29, 1.82) is 0 Å². The highest BCUT2D eigenvalue weighted by molar-refractivity contribution is 7.89. The molecule has 1 heterocycles. The van der Waals surface area contributed by atoms with Gasteiger partial charge < -0.3 is 4.90 Å². The average Bonchev–Trinajstić information content (AvgIpc) is 3.33. The van der Waals surface area contributed by atoms with Gasteiger partial charge in [0.05, 0.1) is 15.5 Å². The van der Waals surface area contributed by atoms with Crippen LogP contribution in [0.1, 0.15) is 32.1 Å². The summed E-state index contributed by atoms with van der Waals surface area (Å²) in [6.07, 6.45) is 4.34. The Bertz CT molecular complexity index is 1320. The van der Waals surface area contributed by atoms with E-state index in [1.165, 1.54) is 44.4 Å². The lowest BCUT2D eigenvalue weighted by Crippen LogP contribution is -2.55. The number of hydrogen-bond acceptors (Lipinski definition) is 6. The van der Waals surface area contributed by atoms with E-state index in [-0.39, 0.29) is 33.7 Å². The van der Waals surface area contributed by atoms with Crippen molar-refractivity contribution < 1.29 is 21.2 Å². The van der Waals surface area contributed by atoms with Gasteiger partial charge in [0.1, 0.15) is 5.82 Å². The van der Waals surface area contributed by atoms with Crippen LogP contribution in [0.3, 0.4) is 0 Å². The molecule has 0 amide bonds. The predicted molar refractivity (Wildman–Crippen MR) is 143 cm³/mol. The number of sulfonamides is 2. The molecule has 2 aliphatic rings. The molecule has 1 N–H and O–H groups in total. The van der Waals surface area contributed by atoms with Crippen LogP contribution in [-0.2, 0) is 20.0 Å². The molecule has 0 radical (unpaired) electrons. The lowest BCUT2D eigenvalue weighted by atomic mass is 9.89. The summed E-state index contributed by atoms with van der Waals surface area (Å²) in [5, 5.41) is 0.361.